The minimum absolute atomic E-state index is 0.0684. The number of anilines is 1. The summed E-state index contributed by atoms with van der Waals surface area (Å²) >= 11 is 0. The molecule has 184 valence electrons. The lowest BCUT2D eigenvalue weighted by atomic mass is 9.96. The Hall–Kier alpha value is -2.99. The van der Waals surface area contributed by atoms with E-state index < -0.39 is 0 Å². The van der Waals surface area contributed by atoms with Crippen molar-refractivity contribution in [3.63, 3.8) is 0 Å². The van der Waals surface area contributed by atoms with Gasteiger partial charge in [0.1, 0.15) is 5.82 Å². The highest BCUT2D eigenvalue weighted by Gasteiger charge is 2.35. The number of hydrogen-bond acceptors (Lipinski definition) is 4. The number of rotatable bonds is 6. The van der Waals surface area contributed by atoms with Crippen molar-refractivity contribution in [3.05, 3.63) is 71.8 Å². The Balaban J connectivity index is 1.47. The molecule has 0 bridgehead atoms. The third-order valence-corrected chi connectivity index (χ3v) is 7.55. The molecule has 6 heteroatoms. The van der Waals surface area contributed by atoms with E-state index in [4.69, 9.17) is 10.1 Å². The first-order chi connectivity index (χ1) is 17.1. The predicted octanol–water partition coefficient (Wildman–Crippen LogP) is 5.90. The van der Waals surface area contributed by atoms with Gasteiger partial charge < -0.3 is 5.32 Å². The number of carbonyl (C=O) groups is 1. The zero-order valence-electron chi connectivity index (χ0n) is 21.0. The second-order valence-corrected chi connectivity index (χ2v) is 10.4. The normalized spacial score (nSPS) is 21.7. The third kappa shape index (κ3) is 5.64. The van der Waals surface area contributed by atoms with Gasteiger partial charge in [-0.2, -0.15) is 5.10 Å². The van der Waals surface area contributed by atoms with Crippen LogP contribution in [0.1, 0.15) is 81.4 Å². The molecule has 1 aliphatic heterocycles. The number of nitrogens with zero attached hydrogens (tertiary/aromatic N) is 4. The molecule has 1 aliphatic carbocycles. The van der Waals surface area contributed by atoms with Gasteiger partial charge in [-0.05, 0) is 42.5 Å². The molecule has 0 radical (unpaired) electrons. The van der Waals surface area contributed by atoms with E-state index in [2.05, 4.69) is 58.2 Å². The molecule has 0 spiro atoms. The molecule has 2 heterocycles. The zero-order valence-corrected chi connectivity index (χ0v) is 21.0. The van der Waals surface area contributed by atoms with Gasteiger partial charge in [0.2, 0.25) is 5.91 Å². The molecule has 6 nitrogen and oxygen atoms in total. The first-order valence-electron chi connectivity index (χ1n) is 13.2. The van der Waals surface area contributed by atoms with Crippen LogP contribution in [0.5, 0.6) is 0 Å². The van der Waals surface area contributed by atoms with Crippen molar-refractivity contribution in [2.75, 3.05) is 18.4 Å². The number of hydrogen-bond donors (Lipinski definition) is 1. The first kappa shape index (κ1) is 23.7. The summed E-state index contributed by atoms with van der Waals surface area (Å²) in [5.41, 5.74) is 3.11. The van der Waals surface area contributed by atoms with Crippen LogP contribution in [0.15, 0.2) is 54.6 Å². The SMILES string of the molecule is CC(=O)Nc1cccc(-n2nc(C3CCCCCC3)nc2C2CN(Cc3ccccc3)CC2C)c1. The Morgan fingerprint density at radius 1 is 1.00 bits per heavy atom. The van der Waals surface area contributed by atoms with Gasteiger partial charge in [0.05, 0.1) is 5.69 Å². The standard InChI is InChI=1S/C29H37N5O/c1-21-18-33(19-23-11-6-5-7-12-23)20-27(21)29-31-28(24-13-8-3-4-9-14-24)32-34(29)26-16-10-15-25(17-26)30-22(2)35/h5-7,10-12,15-17,21,24,27H,3-4,8-9,13-14,18-20H2,1-2H3,(H,30,35). The van der Waals surface area contributed by atoms with Crippen molar-refractivity contribution in [1.82, 2.24) is 19.7 Å². The summed E-state index contributed by atoms with van der Waals surface area (Å²) in [4.78, 5) is 19.5. The Kier molecular flexibility index (Phi) is 7.28. The Labute approximate surface area is 208 Å². The third-order valence-electron chi connectivity index (χ3n) is 7.55. The van der Waals surface area contributed by atoms with Crippen LogP contribution in [0.25, 0.3) is 5.69 Å². The molecule has 2 unspecified atom stereocenters. The lowest BCUT2D eigenvalue weighted by Crippen LogP contribution is -2.20. The number of benzene rings is 2. The highest BCUT2D eigenvalue weighted by molar-refractivity contribution is 5.88. The molecule has 1 saturated carbocycles. The Bertz CT molecular complexity index is 1130. The number of amides is 1. The maximum atomic E-state index is 11.7. The summed E-state index contributed by atoms with van der Waals surface area (Å²) in [6.07, 6.45) is 7.51. The number of nitrogens with one attached hydrogen (secondary N) is 1. The fraction of sp³-hybridized carbons (Fsp3) is 0.483. The minimum Gasteiger partial charge on any atom is -0.326 e. The average Bonchev–Trinajstić information content (AvgIpc) is 3.32. The van der Waals surface area contributed by atoms with Gasteiger partial charge in [0, 0.05) is 44.1 Å². The summed E-state index contributed by atoms with van der Waals surface area (Å²) in [5, 5.41) is 8.05. The van der Waals surface area contributed by atoms with Crippen LogP contribution in [-0.4, -0.2) is 38.7 Å². The van der Waals surface area contributed by atoms with Gasteiger partial charge in [-0.3, -0.25) is 9.69 Å². The monoisotopic (exact) mass is 471 g/mol. The molecule has 35 heavy (non-hydrogen) atoms. The van der Waals surface area contributed by atoms with E-state index in [1.807, 2.05) is 18.2 Å². The quantitative estimate of drug-likeness (QED) is 0.455. The van der Waals surface area contributed by atoms with Crippen LogP contribution in [0, 0.1) is 5.92 Å². The van der Waals surface area contributed by atoms with E-state index in [1.165, 1.54) is 44.1 Å². The Morgan fingerprint density at radius 2 is 1.77 bits per heavy atom. The maximum absolute atomic E-state index is 11.7. The van der Waals surface area contributed by atoms with Crippen molar-refractivity contribution in [2.24, 2.45) is 5.92 Å². The lowest BCUT2D eigenvalue weighted by Gasteiger charge is -2.17. The van der Waals surface area contributed by atoms with Crippen molar-refractivity contribution >= 4 is 11.6 Å². The molecule has 1 saturated heterocycles. The second kappa shape index (κ2) is 10.7. The molecule has 2 fully saturated rings. The molecule has 2 aliphatic rings. The zero-order chi connectivity index (χ0) is 24.2. The molecule has 3 aromatic rings. The van der Waals surface area contributed by atoms with Crippen LogP contribution in [0.3, 0.4) is 0 Å². The number of carbonyl (C=O) groups excluding carboxylic acids is 1. The average molecular weight is 472 g/mol. The molecule has 1 aromatic heterocycles. The second-order valence-electron chi connectivity index (χ2n) is 10.4. The fourth-order valence-corrected chi connectivity index (χ4v) is 5.77. The van der Waals surface area contributed by atoms with Crippen molar-refractivity contribution < 1.29 is 4.79 Å². The summed E-state index contributed by atoms with van der Waals surface area (Å²) in [6, 6.07) is 18.7. The van der Waals surface area contributed by atoms with E-state index in [-0.39, 0.29) is 5.91 Å². The molecule has 2 atom stereocenters. The number of aromatic nitrogens is 3. The summed E-state index contributed by atoms with van der Waals surface area (Å²) in [5.74, 6) is 3.24. The summed E-state index contributed by atoms with van der Waals surface area (Å²) < 4.78 is 2.07. The van der Waals surface area contributed by atoms with Gasteiger partial charge in [-0.1, -0.05) is 69.0 Å². The predicted molar refractivity (Wildman–Crippen MR) is 140 cm³/mol. The van der Waals surface area contributed by atoms with Crippen molar-refractivity contribution in [1.29, 1.82) is 0 Å². The Morgan fingerprint density at radius 3 is 2.51 bits per heavy atom. The first-order valence-corrected chi connectivity index (χ1v) is 13.2. The van der Waals surface area contributed by atoms with Gasteiger partial charge in [0.25, 0.3) is 0 Å². The minimum atomic E-state index is -0.0684. The molecular formula is C29H37N5O. The fourth-order valence-electron chi connectivity index (χ4n) is 5.77. The maximum Gasteiger partial charge on any atom is 0.221 e. The lowest BCUT2D eigenvalue weighted by molar-refractivity contribution is -0.114. The van der Waals surface area contributed by atoms with Gasteiger partial charge >= 0.3 is 0 Å². The molecule has 1 N–H and O–H groups in total. The topological polar surface area (TPSA) is 63.1 Å². The summed E-state index contributed by atoms with van der Waals surface area (Å²) in [6.45, 7) is 6.87. The van der Waals surface area contributed by atoms with E-state index in [0.717, 1.165) is 42.7 Å². The largest absolute Gasteiger partial charge is 0.326 e. The van der Waals surface area contributed by atoms with Gasteiger partial charge in [-0.25, -0.2) is 9.67 Å². The highest BCUT2D eigenvalue weighted by atomic mass is 16.1. The van der Waals surface area contributed by atoms with E-state index >= 15 is 0 Å². The molecule has 5 rings (SSSR count). The van der Waals surface area contributed by atoms with E-state index in [0.29, 0.717) is 17.8 Å². The van der Waals surface area contributed by atoms with Crippen molar-refractivity contribution in [2.45, 2.75) is 70.8 Å². The van der Waals surface area contributed by atoms with Crippen LogP contribution in [0.4, 0.5) is 5.69 Å². The van der Waals surface area contributed by atoms with Crippen molar-refractivity contribution in [3.8, 4) is 5.69 Å². The van der Waals surface area contributed by atoms with Crippen LogP contribution in [0.2, 0.25) is 0 Å². The van der Waals surface area contributed by atoms with Gasteiger partial charge in [0.15, 0.2) is 5.82 Å². The van der Waals surface area contributed by atoms with E-state index in [1.54, 1.807) is 6.92 Å². The van der Waals surface area contributed by atoms with Crippen LogP contribution in [-0.2, 0) is 11.3 Å². The molecule has 1 amide bonds. The van der Waals surface area contributed by atoms with E-state index in [9.17, 15) is 4.79 Å². The molecule has 2 aromatic carbocycles. The highest BCUT2D eigenvalue weighted by Crippen LogP contribution is 2.36. The smallest absolute Gasteiger partial charge is 0.221 e. The summed E-state index contributed by atoms with van der Waals surface area (Å²) in [7, 11) is 0. The molecular weight excluding hydrogens is 434 g/mol. The van der Waals surface area contributed by atoms with Gasteiger partial charge in [-0.15, -0.1) is 0 Å². The van der Waals surface area contributed by atoms with Crippen LogP contribution < -0.4 is 5.32 Å². The number of likely N-dealkylation sites (tertiary alicyclic amines) is 1. The van der Waals surface area contributed by atoms with Crippen LogP contribution >= 0.6 is 0 Å².